The van der Waals surface area contributed by atoms with Crippen molar-refractivity contribution in [1.82, 2.24) is 9.88 Å². The second-order valence-electron chi connectivity index (χ2n) is 6.86. The Balaban J connectivity index is 1.57. The van der Waals surface area contributed by atoms with Crippen molar-refractivity contribution in [1.29, 1.82) is 0 Å². The summed E-state index contributed by atoms with van der Waals surface area (Å²) in [6.45, 7) is 2.28. The third-order valence-corrected chi connectivity index (χ3v) is 5.48. The van der Waals surface area contributed by atoms with Crippen LogP contribution in [0, 0.1) is 0 Å². The Morgan fingerprint density at radius 2 is 1.73 bits per heavy atom. The molecule has 1 amide bonds. The van der Waals surface area contributed by atoms with Crippen LogP contribution >= 0.6 is 23.2 Å². The van der Waals surface area contributed by atoms with E-state index in [9.17, 15) is 4.79 Å². The Morgan fingerprint density at radius 1 is 1.00 bits per heavy atom. The molecule has 0 radical (unpaired) electrons. The smallest absolute Gasteiger partial charge is 0.255 e. The van der Waals surface area contributed by atoms with Gasteiger partial charge in [-0.3, -0.25) is 4.79 Å². The van der Waals surface area contributed by atoms with E-state index in [2.05, 4.69) is 4.98 Å². The molecular formula is C23H20Cl2N2O3. The number of aromatic nitrogens is 1. The van der Waals surface area contributed by atoms with Crippen LogP contribution in [0.5, 0.6) is 5.88 Å². The maximum Gasteiger partial charge on any atom is 0.255 e. The van der Waals surface area contributed by atoms with E-state index in [-0.39, 0.29) is 5.91 Å². The van der Waals surface area contributed by atoms with Crippen molar-refractivity contribution in [3.63, 3.8) is 0 Å². The first-order valence-electron chi connectivity index (χ1n) is 9.61. The summed E-state index contributed by atoms with van der Waals surface area (Å²) in [7, 11) is 0. The Hall–Kier alpha value is -2.60. The summed E-state index contributed by atoms with van der Waals surface area (Å²) in [4.78, 5) is 18.7. The van der Waals surface area contributed by atoms with Gasteiger partial charge in [-0.15, -0.1) is 0 Å². The zero-order valence-corrected chi connectivity index (χ0v) is 17.6. The molecule has 5 nitrogen and oxygen atoms in total. The zero-order valence-electron chi connectivity index (χ0n) is 16.1. The van der Waals surface area contributed by atoms with Gasteiger partial charge in [0, 0.05) is 41.0 Å². The van der Waals surface area contributed by atoms with Crippen molar-refractivity contribution < 1.29 is 14.3 Å². The molecule has 0 N–H and O–H groups in total. The summed E-state index contributed by atoms with van der Waals surface area (Å²) in [6, 6.07) is 18.3. The maximum atomic E-state index is 12.6. The molecule has 2 heterocycles. The van der Waals surface area contributed by atoms with E-state index in [4.69, 9.17) is 32.7 Å². The van der Waals surface area contributed by atoms with Crippen LogP contribution in [0.25, 0.3) is 0 Å². The van der Waals surface area contributed by atoms with E-state index in [0.717, 1.165) is 11.1 Å². The van der Waals surface area contributed by atoms with E-state index in [1.54, 1.807) is 23.2 Å². The number of nitrogens with zero attached hydrogens (tertiary/aromatic N) is 2. The monoisotopic (exact) mass is 442 g/mol. The first kappa shape index (κ1) is 20.7. The number of hydrogen-bond acceptors (Lipinski definition) is 4. The number of carbonyl (C=O) groups excluding carboxylic acids is 1. The standard InChI is InChI=1S/C23H20Cl2N2O3/c24-18-8-5-16(6-9-18)22(19-3-1-2-4-20(19)25)30-21-10-7-17(15-26-21)23(28)27-11-13-29-14-12-27/h1-10,15,22H,11-14H2. The highest BCUT2D eigenvalue weighted by atomic mass is 35.5. The normalized spacial score (nSPS) is 14.9. The topological polar surface area (TPSA) is 51.7 Å². The number of rotatable bonds is 5. The number of halogens is 2. The lowest BCUT2D eigenvalue weighted by Crippen LogP contribution is -2.40. The van der Waals surface area contributed by atoms with E-state index >= 15 is 0 Å². The minimum atomic E-state index is -0.468. The molecule has 1 aromatic heterocycles. The zero-order chi connectivity index (χ0) is 20.9. The number of ether oxygens (including phenoxy) is 2. The van der Waals surface area contributed by atoms with Crippen LogP contribution in [0.15, 0.2) is 66.9 Å². The average Bonchev–Trinajstić information content (AvgIpc) is 2.79. The lowest BCUT2D eigenvalue weighted by atomic mass is 10.0. The van der Waals surface area contributed by atoms with Gasteiger partial charge in [-0.1, -0.05) is 53.5 Å². The highest BCUT2D eigenvalue weighted by Gasteiger charge is 2.21. The molecule has 1 unspecified atom stereocenters. The Labute approximate surface area is 185 Å². The number of amides is 1. The summed E-state index contributed by atoms with van der Waals surface area (Å²) in [5.41, 5.74) is 2.23. The Bertz CT molecular complexity index is 1000. The van der Waals surface area contributed by atoms with Crippen LogP contribution in [0.3, 0.4) is 0 Å². The third kappa shape index (κ3) is 4.75. The quantitative estimate of drug-likeness (QED) is 0.555. The average molecular weight is 443 g/mol. The highest BCUT2D eigenvalue weighted by molar-refractivity contribution is 6.31. The fourth-order valence-corrected chi connectivity index (χ4v) is 3.64. The maximum absolute atomic E-state index is 12.6. The number of hydrogen-bond donors (Lipinski definition) is 0. The molecule has 1 aliphatic heterocycles. The van der Waals surface area contributed by atoms with Gasteiger partial charge >= 0.3 is 0 Å². The number of morpholine rings is 1. The summed E-state index contributed by atoms with van der Waals surface area (Å²) < 4.78 is 11.5. The van der Waals surface area contributed by atoms with E-state index in [0.29, 0.717) is 47.8 Å². The molecule has 1 atom stereocenters. The molecule has 30 heavy (non-hydrogen) atoms. The summed E-state index contributed by atoms with van der Waals surface area (Å²) in [5.74, 6) is 0.339. The summed E-state index contributed by atoms with van der Waals surface area (Å²) in [6.07, 6.45) is 1.07. The van der Waals surface area contributed by atoms with Crippen LogP contribution in [-0.4, -0.2) is 42.1 Å². The minimum Gasteiger partial charge on any atom is -0.464 e. The number of pyridine rings is 1. The first-order chi connectivity index (χ1) is 14.6. The molecule has 7 heteroatoms. The van der Waals surface area contributed by atoms with E-state index < -0.39 is 6.10 Å². The SMILES string of the molecule is O=C(c1ccc(OC(c2ccc(Cl)cc2)c2ccccc2Cl)nc1)N1CCOCC1. The van der Waals surface area contributed by atoms with Gasteiger partial charge in [0.1, 0.15) is 0 Å². The van der Waals surface area contributed by atoms with Crippen LogP contribution < -0.4 is 4.74 Å². The van der Waals surface area contributed by atoms with Gasteiger partial charge in [0.25, 0.3) is 5.91 Å². The minimum absolute atomic E-state index is 0.0577. The second-order valence-corrected chi connectivity index (χ2v) is 7.70. The predicted octanol–water partition coefficient (Wildman–Crippen LogP) is 5.03. The fourth-order valence-electron chi connectivity index (χ4n) is 3.28. The molecule has 1 aliphatic rings. The van der Waals surface area contributed by atoms with Crippen molar-refractivity contribution in [2.24, 2.45) is 0 Å². The van der Waals surface area contributed by atoms with Gasteiger partial charge < -0.3 is 14.4 Å². The van der Waals surface area contributed by atoms with Crippen LogP contribution in [0.1, 0.15) is 27.6 Å². The molecule has 1 saturated heterocycles. The van der Waals surface area contributed by atoms with Gasteiger partial charge in [-0.05, 0) is 29.8 Å². The summed E-state index contributed by atoms with van der Waals surface area (Å²) in [5, 5.41) is 1.23. The van der Waals surface area contributed by atoms with E-state index in [1.807, 2.05) is 48.5 Å². The molecule has 2 aromatic carbocycles. The first-order valence-corrected chi connectivity index (χ1v) is 10.4. The molecule has 154 valence electrons. The van der Waals surface area contributed by atoms with Gasteiger partial charge in [-0.25, -0.2) is 4.98 Å². The van der Waals surface area contributed by atoms with Crippen molar-refractivity contribution in [3.8, 4) is 5.88 Å². The molecule has 0 spiro atoms. The predicted molar refractivity (Wildman–Crippen MR) is 116 cm³/mol. The fraction of sp³-hybridized carbons (Fsp3) is 0.217. The molecule has 0 bridgehead atoms. The van der Waals surface area contributed by atoms with Gasteiger partial charge in [0.2, 0.25) is 5.88 Å². The van der Waals surface area contributed by atoms with Gasteiger partial charge in [-0.2, -0.15) is 0 Å². The molecule has 1 fully saturated rings. The van der Waals surface area contributed by atoms with Crippen LogP contribution in [0.4, 0.5) is 0 Å². The highest BCUT2D eigenvalue weighted by Crippen LogP contribution is 2.32. The Kier molecular flexibility index (Phi) is 6.53. The largest absolute Gasteiger partial charge is 0.464 e. The lowest BCUT2D eigenvalue weighted by Gasteiger charge is -2.26. The summed E-state index contributed by atoms with van der Waals surface area (Å²) >= 11 is 12.5. The van der Waals surface area contributed by atoms with Crippen LogP contribution in [0.2, 0.25) is 10.0 Å². The number of carbonyl (C=O) groups is 1. The van der Waals surface area contributed by atoms with Crippen molar-refractivity contribution in [2.75, 3.05) is 26.3 Å². The van der Waals surface area contributed by atoms with Crippen molar-refractivity contribution >= 4 is 29.1 Å². The van der Waals surface area contributed by atoms with Gasteiger partial charge in [0.05, 0.1) is 18.8 Å². The molecular weight excluding hydrogens is 423 g/mol. The van der Waals surface area contributed by atoms with Crippen molar-refractivity contribution in [2.45, 2.75) is 6.10 Å². The van der Waals surface area contributed by atoms with Crippen molar-refractivity contribution in [3.05, 3.63) is 93.6 Å². The number of benzene rings is 2. The van der Waals surface area contributed by atoms with Crippen LogP contribution in [-0.2, 0) is 4.74 Å². The van der Waals surface area contributed by atoms with E-state index in [1.165, 1.54) is 0 Å². The molecule has 4 rings (SSSR count). The molecule has 0 saturated carbocycles. The molecule has 0 aliphatic carbocycles. The Morgan fingerprint density at radius 3 is 2.40 bits per heavy atom. The van der Waals surface area contributed by atoms with Gasteiger partial charge in [0.15, 0.2) is 6.10 Å². The lowest BCUT2D eigenvalue weighted by molar-refractivity contribution is 0.0302. The molecule has 3 aromatic rings. The third-order valence-electron chi connectivity index (χ3n) is 4.88. The second kappa shape index (κ2) is 9.47.